The van der Waals surface area contributed by atoms with Crippen LogP contribution in [0, 0.1) is 0 Å². The van der Waals surface area contributed by atoms with Gasteiger partial charge >= 0.3 is 0 Å². The van der Waals surface area contributed by atoms with Gasteiger partial charge in [0.05, 0.1) is 6.54 Å². The van der Waals surface area contributed by atoms with Crippen molar-refractivity contribution in [2.45, 2.75) is 51.5 Å². The second-order valence-corrected chi connectivity index (χ2v) is 7.55. The second kappa shape index (κ2) is 12.9. The molecule has 1 aromatic heterocycles. The monoisotopic (exact) mass is 514 g/mol. The fraction of sp³-hybridized carbons (Fsp3) is 0.667. The Bertz CT molecular complexity index is 627. The molecular weight excluding hydrogens is 479 g/mol. The minimum atomic E-state index is 0. The molecule has 0 unspecified atom stereocenters. The van der Waals surface area contributed by atoms with Gasteiger partial charge in [0.1, 0.15) is 5.82 Å². The number of pyridine rings is 1. The lowest BCUT2D eigenvalue weighted by molar-refractivity contribution is -0.131. The highest BCUT2D eigenvalue weighted by Gasteiger charge is 2.21. The largest absolute Gasteiger partial charge is 0.357 e. The smallest absolute Gasteiger partial charge is 0.224 e. The van der Waals surface area contributed by atoms with Crippen LogP contribution >= 0.6 is 24.0 Å². The number of halogens is 1. The van der Waals surface area contributed by atoms with Crippen molar-refractivity contribution >= 4 is 41.7 Å². The third-order valence-corrected chi connectivity index (χ3v) is 5.49. The van der Waals surface area contributed by atoms with Crippen LogP contribution in [0.2, 0.25) is 0 Å². The topological polar surface area (TPSA) is 72.9 Å². The van der Waals surface area contributed by atoms with Gasteiger partial charge in [-0.2, -0.15) is 0 Å². The number of anilines is 1. The molecule has 1 aliphatic carbocycles. The van der Waals surface area contributed by atoms with Gasteiger partial charge in [-0.15, -0.1) is 24.0 Å². The molecule has 7 nitrogen and oxygen atoms in total. The maximum atomic E-state index is 12.6. The summed E-state index contributed by atoms with van der Waals surface area (Å²) < 4.78 is 0. The summed E-state index contributed by atoms with van der Waals surface area (Å²) >= 11 is 0. The number of carbonyl (C=O) groups is 1. The molecule has 2 fully saturated rings. The van der Waals surface area contributed by atoms with Crippen molar-refractivity contribution < 1.29 is 4.79 Å². The molecule has 162 valence electrons. The Balaban J connectivity index is 0.00000300. The van der Waals surface area contributed by atoms with E-state index in [4.69, 9.17) is 0 Å². The molecule has 1 saturated carbocycles. The lowest BCUT2D eigenvalue weighted by atomic mass is 9.96. The van der Waals surface area contributed by atoms with E-state index in [9.17, 15) is 4.79 Å². The van der Waals surface area contributed by atoms with Crippen LogP contribution < -0.4 is 15.5 Å². The molecule has 0 bridgehead atoms. The molecule has 2 N–H and O–H groups in total. The van der Waals surface area contributed by atoms with Crippen molar-refractivity contribution in [2.75, 3.05) is 44.2 Å². The first-order valence-corrected chi connectivity index (χ1v) is 10.7. The highest BCUT2D eigenvalue weighted by atomic mass is 127. The minimum Gasteiger partial charge on any atom is -0.357 e. The van der Waals surface area contributed by atoms with Gasteiger partial charge in [-0.05, 0) is 31.9 Å². The fourth-order valence-electron chi connectivity index (χ4n) is 3.91. The Labute approximate surface area is 191 Å². The molecule has 0 radical (unpaired) electrons. The van der Waals surface area contributed by atoms with Crippen LogP contribution in [0.15, 0.2) is 29.4 Å². The molecule has 0 atom stereocenters. The molecule has 1 aromatic rings. The zero-order valence-electron chi connectivity index (χ0n) is 17.5. The average Bonchev–Trinajstić information content (AvgIpc) is 2.75. The maximum Gasteiger partial charge on any atom is 0.224 e. The second-order valence-electron chi connectivity index (χ2n) is 7.55. The Morgan fingerprint density at radius 1 is 1.17 bits per heavy atom. The summed E-state index contributed by atoms with van der Waals surface area (Å²) in [6.45, 7) is 6.60. The molecule has 8 heteroatoms. The van der Waals surface area contributed by atoms with Gasteiger partial charge in [-0.3, -0.25) is 9.79 Å². The number of amides is 1. The quantitative estimate of drug-likeness (QED) is 0.347. The summed E-state index contributed by atoms with van der Waals surface area (Å²) in [5, 5.41) is 6.84. The van der Waals surface area contributed by atoms with E-state index in [1.54, 1.807) is 0 Å². The SMILES string of the molecule is CCNC(=NCCC(=O)N1CCN(c2ccccn2)CC1)NC1CCCCC1.I. The van der Waals surface area contributed by atoms with Crippen LogP contribution in [0.3, 0.4) is 0 Å². The lowest BCUT2D eigenvalue weighted by Gasteiger charge is -2.35. The van der Waals surface area contributed by atoms with E-state index in [0.29, 0.717) is 19.0 Å². The number of nitrogens with one attached hydrogen (secondary N) is 2. The predicted octanol–water partition coefficient (Wildman–Crippen LogP) is 2.63. The van der Waals surface area contributed by atoms with Crippen LogP contribution in [0.1, 0.15) is 45.4 Å². The summed E-state index contributed by atoms with van der Waals surface area (Å²) in [5.74, 6) is 2.03. The lowest BCUT2D eigenvalue weighted by Crippen LogP contribution is -2.49. The standard InChI is InChI=1S/C21H34N6O.HI/c1-2-22-21(25-18-8-4-3-5-9-18)24-13-11-20(28)27-16-14-26(15-17-27)19-10-6-7-12-23-19;/h6-7,10,12,18H,2-5,8-9,11,13-17H2,1H3,(H2,22,24,25);1H. The minimum absolute atomic E-state index is 0. The van der Waals surface area contributed by atoms with Gasteiger partial charge in [-0.1, -0.05) is 25.3 Å². The molecule has 3 rings (SSSR count). The first-order chi connectivity index (χ1) is 13.8. The van der Waals surface area contributed by atoms with E-state index in [1.807, 2.05) is 29.3 Å². The molecule has 1 aliphatic heterocycles. The Morgan fingerprint density at radius 2 is 1.93 bits per heavy atom. The van der Waals surface area contributed by atoms with E-state index in [-0.39, 0.29) is 29.9 Å². The van der Waals surface area contributed by atoms with Gasteiger partial charge in [0.2, 0.25) is 5.91 Å². The number of nitrogens with zero attached hydrogens (tertiary/aromatic N) is 4. The van der Waals surface area contributed by atoms with Crippen LogP contribution in [-0.2, 0) is 4.79 Å². The highest BCUT2D eigenvalue weighted by molar-refractivity contribution is 14.0. The van der Waals surface area contributed by atoms with Crippen molar-refractivity contribution in [1.29, 1.82) is 0 Å². The van der Waals surface area contributed by atoms with E-state index in [2.05, 4.69) is 32.4 Å². The van der Waals surface area contributed by atoms with Gasteiger partial charge in [0.15, 0.2) is 5.96 Å². The molecule has 1 amide bonds. The van der Waals surface area contributed by atoms with Gasteiger partial charge in [0, 0.05) is 51.4 Å². The maximum absolute atomic E-state index is 12.6. The Morgan fingerprint density at radius 3 is 2.59 bits per heavy atom. The number of piperazine rings is 1. The summed E-state index contributed by atoms with van der Waals surface area (Å²) in [7, 11) is 0. The normalized spacial score (nSPS) is 18.2. The summed E-state index contributed by atoms with van der Waals surface area (Å²) in [6.07, 6.45) is 8.63. The highest BCUT2D eigenvalue weighted by Crippen LogP contribution is 2.17. The van der Waals surface area contributed by atoms with Gasteiger partial charge in [-0.25, -0.2) is 4.98 Å². The van der Waals surface area contributed by atoms with Gasteiger partial charge in [0.25, 0.3) is 0 Å². The zero-order valence-corrected chi connectivity index (χ0v) is 19.8. The van der Waals surface area contributed by atoms with Crippen LogP contribution in [0.5, 0.6) is 0 Å². The van der Waals surface area contributed by atoms with Crippen LogP contribution in [-0.4, -0.2) is 67.1 Å². The number of aromatic nitrogens is 1. The molecule has 0 spiro atoms. The van der Waals surface area contributed by atoms with Crippen molar-refractivity contribution in [3.63, 3.8) is 0 Å². The molecule has 29 heavy (non-hydrogen) atoms. The number of carbonyl (C=O) groups excluding carboxylic acids is 1. The first kappa shape index (κ1) is 23.7. The third-order valence-electron chi connectivity index (χ3n) is 5.49. The Kier molecular flexibility index (Phi) is 10.5. The number of hydrogen-bond acceptors (Lipinski definition) is 4. The fourth-order valence-corrected chi connectivity index (χ4v) is 3.91. The third kappa shape index (κ3) is 7.64. The van der Waals surface area contributed by atoms with Crippen molar-refractivity contribution in [1.82, 2.24) is 20.5 Å². The molecular formula is C21H35IN6O. The number of guanidine groups is 1. The Hall–Kier alpha value is -1.58. The molecule has 0 aromatic carbocycles. The zero-order chi connectivity index (χ0) is 19.6. The van der Waals surface area contributed by atoms with E-state index in [1.165, 1.54) is 32.1 Å². The number of aliphatic imine (C=N–C) groups is 1. The molecule has 2 heterocycles. The predicted molar refractivity (Wildman–Crippen MR) is 129 cm³/mol. The van der Waals surface area contributed by atoms with Crippen LogP contribution in [0.25, 0.3) is 0 Å². The van der Waals surface area contributed by atoms with Gasteiger partial charge < -0.3 is 20.4 Å². The van der Waals surface area contributed by atoms with Crippen LogP contribution in [0.4, 0.5) is 5.82 Å². The summed E-state index contributed by atoms with van der Waals surface area (Å²) in [6, 6.07) is 6.46. The van der Waals surface area contributed by atoms with Crippen molar-refractivity contribution in [2.24, 2.45) is 4.99 Å². The molecule has 2 aliphatic rings. The number of hydrogen-bond donors (Lipinski definition) is 2. The first-order valence-electron chi connectivity index (χ1n) is 10.7. The van der Waals surface area contributed by atoms with E-state index >= 15 is 0 Å². The number of rotatable bonds is 6. The van der Waals surface area contributed by atoms with E-state index in [0.717, 1.165) is 44.5 Å². The average molecular weight is 514 g/mol. The summed E-state index contributed by atoms with van der Waals surface area (Å²) in [5.41, 5.74) is 0. The summed E-state index contributed by atoms with van der Waals surface area (Å²) in [4.78, 5) is 25.8. The van der Waals surface area contributed by atoms with E-state index < -0.39 is 0 Å². The van der Waals surface area contributed by atoms with Crippen molar-refractivity contribution in [3.05, 3.63) is 24.4 Å². The van der Waals surface area contributed by atoms with Crippen molar-refractivity contribution in [3.8, 4) is 0 Å². The molecule has 1 saturated heterocycles.